The van der Waals surface area contributed by atoms with Crippen molar-refractivity contribution in [3.8, 4) is 0 Å². The molecule has 1 atom stereocenters. The van der Waals surface area contributed by atoms with Gasteiger partial charge in [-0.1, -0.05) is 22.9 Å². The fourth-order valence-corrected chi connectivity index (χ4v) is 2.47. The summed E-state index contributed by atoms with van der Waals surface area (Å²) >= 11 is 8.31. The standard InChI is InChI=1S/C9H11Br2NOS/c1-2-8(11)9(13)12-4-7-3-6(10)5-14-7/h3,5,8H,2,4H2,1H3,(H,12,13). The quantitative estimate of drug-likeness (QED) is 0.837. The highest BCUT2D eigenvalue weighted by atomic mass is 79.9. The van der Waals surface area contributed by atoms with Crippen molar-refractivity contribution in [3.05, 3.63) is 20.8 Å². The zero-order valence-electron chi connectivity index (χ0n) is 7.72. The second kappa shape index (κ2) is 5.88. The highest BCUT2D eigenvalue weighted by molar-refractivity contribution is 9.10. The lowest BCUT2D eigenvalue weighted by Crippen LogP contribution is -2.29. The fourth-order valence-electron chi connectivity index (χ4n) is 0.917. The predicted octanol–water partition coefficient (Wildman–Crippen LogP) is 3.30. The van der Waals surface area contributed by atoms with E-state index >= 15 is 0 Å². The Kier molecular flexibility index (Phi) is 5.12. The van der Waals surface area contributed by atoms with Crippen LogP contribution in [0.5, 0.6) is 0 Å². The topological polar surface area (TPSA) is 29.1 Å². The molecule has 1 aromatic rings. The largest absolute Gasteiger partial charge is 0.350 e. The molecule has 0 spiro atoms. The summed E-state index contributed by atoms with van der Waals surface area (Å²) in [6.07, 6.45) is 0.806. The predicted molar refractivity (Wildman–Crippen MR) is 66.9 cm³/mol. The monoisotopic (exact) mass is 339 g/mol. The maximum atomic E-state index is 11.4. The number of amides is 1. The molecule has 0 fully saturated rings. The molecule has 5 heteroatoms. The van der Waals surface area contributed by atoms with Crippen molar-refractivity contribution in [2.75, 3.05) is 0 Å². The first kappa shape index (κ1) is 12.2. The van der Waals surface area contributed by atoms with Crippen LogP contribution >= 0.6 is 43.2 Å². The van der Waals surface area contributed by atoms with Crippen LogP contribution in [0.1, 0.15) is 18.2 Å². The van der Waals surface area contributed by atoms with Gasteiger partial charge in [0, 0.05) is 14.7 Å². The Morgan fingerprint density at radius 2 is 2.43 bits per heavy atom. The van der Waals surface area contributed by atoms with E-state index < -0.39 is 0 Å². The van der Waals surface area contributed by atoms with Crippen LogP contribution in [0.15, 0.2) is 15.9 Å². The number of carbonyl (C=O) groups excluding carboxylic acids is 1. The summed E-state index contributed by atoms with van der Waals surface area (Å²) in [5, 5.41) is 4.87. The third-order valence-corrected chi connectivity index (χ3v) is 4.46. The Bertz CT molecular complexity index is 314. The minimum Gasteiger partial charge on any atom is -0.350 e. The number of halogens is 2. The van der Waals surface area contributed by atoms with Gasteiger partial charge in [-0.15, -0.1) is 11.3 Å². The molecule has 1 heterocycles. The fraction of sp³-hybridized carbons (Fsp3) is 0.444. The molecule has 0 aliphatic heterocycles. The van der Waals surface area contributed by atoms with Crippen LogP contribution in [0.3, 0.4) is 0 Å². The Balaban J connectivity index is 2.37. The first-order valence-corrected chi connectivity index (χ1v) is 6.87. The third-order valence-electron chi connectivity index (χ3n) is 1.70. The molecule has 1 aromatic heterocycles. The van der Waals surface area contributed by atoms with Crippen LogP contribution in [-0.2, 0) is 11.3 Å². The molecule has 78 valence electrons. The summed E-state index contributed by atoms with van der Waals surface area (Å²) in [5.74, 6) is 0.0528. The number of alkyl halides is 1. The van der Waals surface area contributed by atoms with Gasteiger partial charge in [0.2, 0.25) is 5.91 Å². The summed E-state index contributed by atoms with van der Waals surface area (Å²) < 4.78 is 1.07. The SMILES string of the molecule is CCC(Br)C(=O)NCc1cc(Br)cs1. The van der Waals surface area contributed by atoms with Gasteiger partial charge >= 0.3 is 0 Å². The normalized spacial score (nSPS) is 12.5. The van der Waals surface area contributed by atoms with Gasteiger partial charge < -0.3 is 5.32 Å². The summed E-state index contributed by atoms with van der Waals surface area (Å²) in [6.45, 7) is 2.58. The Labute approximate surface area is 104 Å². The second-order valence-electron chi connectivity index (χ2n) is 2.82. The highest BCUT2D eigenvalue weighted by Crippen LogP contribution is 2.19. The maximum Gasteiger partial charge on any atom is 0.234 e. The number of hydrogen-bond donors (Lipinski definition) is 1. The third kappa shape index (κ3) is 3.71. The number of nitrogens with one attached hydrogen (secondary N) is 1. The van der Waals surface area contributed by atoms with Crippen molar-refractivity contribution in [1.29, 1.82) is 0 Å². The first-order valence-electron chi connectivity index (χ1n) is 4.28. The molecule has 0 aliphatic rings. The van der Waals surface area contributed by atoms with Crippen molar-refractivity contribution in [1.82, 2.24) is 5.32 Å². The van der Waals surface area contributed by atoms with Gasteiger partial charge in [0.1, 0.15) is 0 Å². The van der Waals surface area contributed by atoms with Crippen molar-refractivity contribution in [2.45, 2.75) is 24.7 Å². The molecule has 0 aromatic carbocycles. The smallest absolute Gasteiger partial charge is 0.234 e. The lowest BCUT2D eigenvalue weighted by molar-refractivity contribution is -0.120. The molecule has 14 heavy (non-hydrogen) atoms. The van der Waals surface area contributed by atoms with Crippen LogP contribution in [0.4, 0.5) is 0 Å². The van der Waals surface area contributed by atoms with Crippen molar-refractivity contribution in [2.24, 2.45) is 0 Å². The minimum atomic E-state index is -0.0779. The maximum absolute atomic E-state index is 11.4. The van der Waals surface area contributed by atoms with Crippen molar-refractivity contribution in [3.63, 3.8) is 0 Å². The summed E-state index contributed by atoms with van der Waals surface area (Å²) in [7, 11) is 0. The summed E-state index contributed by atoms with van der Waals surface area (Å²) in [6, 6.07) is 2.01. The van der Waals surface area contributed by atoms with Gasteiger partial charge in [-0.25, -0.2) is 0 Å². The molecule has 0 bridgehead atoms. The minimum absolute atomic E-state index is 0.0528. The molecule has 0 radical (unpaired) electrons. The van der Waals surface area contributed by atoms with Crippen LogP contribution in [0, 0.1) is 0 Å². The van der Waals surface area contributed by atoms with Gasteiger partial charge in [-0.2, -0.15) is 0 Å². The molecular formula is C9H11Br2NOS. The van der Waals surface area contributed by atoms with Crippen LogP contribution < -0.4 is 5.32 Å². The first-order chi connectivity index (χ1) is 6.63. The van der Waals surface area contributed by atoms with Crippen LogP contribution in [0.2, 0.25) is 0 Å². The average molecular weight is 341 g/mol. The molecule has 0 aliphatic carbocycles. The van der Waals surface area contributed by atoms with Gasteiger partial charge in [0.05, 0.1) is 11.4 Å². The van der Waals surface area contributed by atoms with Crippen molar-refractivity contribution < 1.29 is 4.79 Å². The van der Waals surface area contributed by atoms with Gasteiger partial charge in [-0.05, 0) is 28.4 Å². The molecule has 1 amide bonds. The second-order valence-corrected chi connectivity index (χ2v) is 5.84. The Morgan fingerprint density at radius 3 is 2.93 bits per heavy atom. The van der Waals surface area contributed by atoms with Gasteiger partial charge in [-0.3, -0.25) is 4.79 Å². The molecule has 0 saturated carbocycles. The van der Waals surface area contributed by atoms with E-state index in [-0.39, 0.29) is 10.7 Å². The molecule has 1 N–H and O–H groups in total. The number of rotatable bonds is 4. The van der Waals surface area contributed by atoms with E-state index in [0.717, 1.165) is 15.8 Å². The van der Waals surface area contributed by atoms with E-state index in [2.05, 4.69) is 37.2 Å². The molecular weight excluding hydrogens is 330 g/mol. The summed E-state index contributed by atoms with van der Waals surface area (Å²) in [4.78, 5) is 12.5. The van der Waals surface area contributed by atoms with E-state index in [1.165, 1.54) is 0 Å². The zero-order valence-corrected chi connectivity index (χ0v) is 11.7. The van der Waals surface area contributed by atoms with E-state index in [0.29, 0.717) is 6.54 Å². The lowest BCUT2D eigenvalue weighted by atomic mass is 10.3. The Morgan fingerprint density at radius 1 is 1.71 bits per heavy atom. The van der Waals surface area contributed by atoms with E-state index in [4.69, 9.17) is 0 Å². The lowest BCUT2D eigenvalue weighted by Gasteiger charge is -2.06. The highest BCUT2D eigenvalue weighted by Gasteiger charge is 2.11. The number of carbonyl (C=O) groups is 1. The number of hydrogen-bond acceptors (Lipinski definition) is 2. The summed E-state index contributed by atoms with van der Waals surface area (Å²) in [5.41, 5.74) is 0. The van der Waals surface area contributed by atoms with Gasteiger partial charge in [0.15, 0.2) is 0 Å². The van der Waals surface area contributed by atoms with E-state index in [9.17, 15) is 4.79 Å². The van der Waals surface area contributed by atoms with Crippen LogP contribution in [0.25, 0.3) is 0 Å². The van der Waals surface area contributed by atoms with E-state index in [1.807, 2.05) is 18.4 Å². The Hall–Kier alpha value is 0.130. The molecule has 2 nitrogen and oxygen atoms in total. The molecule has 1 unspecified atom stereocenters. The average Bonchev–Trinajstić information content (AvgIpc) is 2.59. The molecule has 1 rings (SSSR count). The zero-order chi connectivity index (χ0) is 10.6. The van der Waals surface area contributed by atoms with Crippen molar-refractivity contribution >= 4 is 49.1 Å². The number of thiophene rings is 1. The van der Waals surface area contributed by atoms with Crippen LogP contribution in [-0.4, -0.2) is 10.7 Å². The van der Waals surface area contributed by atoms with E-state index in [1.54, 1.807) is 11.3 Å². The molecule has 0 saturated heterocycles. The van der Waals surface area contributed by atoms with Gasteiger partial charge in [0.25, 0.3) is 0 Å².